The zero-order valence-electron chi connectivity index (χ0n) is 25.8. The molecule has 0 spiro atoms. The zero-order chi connectivity index (χ0) is 34.4. The van der Waals surface area contributed by atoms with E-state index in [4.69, 9.17) is 0 Å². The van der Waals surface area contributed by atoms with E-state index in [1.807, 2.05) is 0 Å². The molecule has 1 unspecified atom stereocenters. The standard InChI is InChI=1S/C34H30F2N4O6S2/c1-23-5-17-29(18-6-23)47(43,44)37-21-3-4-31(39(33(37)41)27-13-9-25(35)10-14-27)32-22-38(48(45,46)30-19-7-24(2)8-20-30)34(42)40(32)28-15-11-26(36)12-16-28/h4-20,32H,3,21-22H2,1-2H3. The van der Waals surface area contributed by atoms with Gasteiger partial charge in [-0.2, -0.15) is 0 Å². The molecular formula is C34H30F2N4O6S2. The van der Waals surface area contributed by atoms with E-state index in [9.17, 15) is 35.2 Å². The number of benzene rings is 4. The van der Waals surface area contributed by atoms with Crippen LogP contribution < -0.4 is 9.80 Å². The quantitative estimate of drug-likeness (QED) is 0.228. The monoisotopic (exact) mass is 692 g/mol. The van der Waals surface area contributed by atoms with Crippen LogP contribution in [-0.4, -0.2) is 56.6 Å². The molecule has 6 rings (SSSR count). The number of anilines is 2. The molecule has 0 N–H and O–H groups in total. The minimum absolute atomic E-state index is 0.00345. The maximum Gasteiger partial charge on any atom is 0.342 e. The first kappa shape index (κ1) is 32.8. The second-order valence-corrected chi connectivity index (χ2v) is 15.1. The predicted octanol–water partition coefficient (Wildman–Crippen LogP) is 6.19. The lowest BCUT2D eigenvalue weighted by Crippen LogP contribution is -2.49. The molecule has 10 nitrogen and oxygen atoms in total. The van der Waals surface area contributed by atoms with Crippen molar-refractivity contribution in [3.8, 4) is 0 Å². The molecule has 1 saturated heterocycles. The highest BCUT2D eigenvalue weighted by Gasteiger charge is 2.49. The summed E-state index contributed by atoms with van der Waals surface area (Å²) in [7, 11) is -8.82. The molecule has 4 aromatic carbocycles. The van der Waals surface area contributed by atoms with Crippen molar-refractivity contribution in [3.63, 3.8) is 0 Å². The SMILES string of the molecule is Cc1ccc(S(=O)(=O)N2CCC=C(C3CN(S(=O)(=O)c4ccc(C)cc4)C(=O)N3c3ccc(F)cc3)N(c3ccc(F)cc3)C2=O)cc1. The summed E-state index contributed by atoms with van der Waals surface area (Å²) in [4.78, 5) is 30.5. The van der Waals surface area contributed by atoms with Crippen molar-refractivity contribution in [1.82, 2.24) is 8.61 Å². The smallest absolute Gasteiger partial charge is 0.283 e. The minimum atomic E-state index is -4.43. The van der Waals surface area contributed by atoms with Crippen molar-refractivity contribution in [3.05, 3.63) is 132 Å². The fraction of sp³-hybridized carbons (Fsp3) is 0.176. The molecule has 2 aliphatic heterocycles. The van der Waals surface area contributed by atoms with Crippen molar-refractivity contribution in [2.24, 2.45) is 0 Å². The van der Waals surface area contributed by atoms with Crippen LogP contribution in [0.15, 0.2) is 119 Å². The number of aryl methyl sites for hydroxylation is 2. The summed E-state index contributed by atoms with van der Waals surface area (Å²) in [6.07, 6.45) is 1.55. The third-order valence-corrected chi connectivity index (χ3v) is 11.7. The van der Waals surface area contributed by atoms with Gasteiger partial charge in [-0.1, -0.05) is 41.5 Å². The predicted molar refractivity (Wildman–Crippen MR) is 175 cm³/mol. The second kappa shape index (κ2) is 12.5. The van der Waals surface area contributed by atoms with Gasteiger partial charge < -0.3 is 0 Å². The fourth-order valence-corrected chi connectivity index (χ4v) is 8.39. The molecule has 1 fully saturated rings. The van der Waals surface area contributed by atoms with E-state index in [1.54, 1.807) is 44.2 Å². The van der Waals surface area contributed by atoms with E-state index >= 15 is 0 Å². The Morgan fingerprint density at radius 1 is 0.604 bits per heavy atom. The molecule has 0 aromatic heterocycles. The molecule has 48 heavy (non-hydrogen) atoms. The number of amides is 4. The average molecular weight is 693 g/mol. The number of halogens is 2. The van der Waals surface area contributed by atoms with Gasteiger partial charge in [-0.25, -0.2) is 43.8 Å². The Hall–Kier alpha value is -5.08. The summed E-state index contributed by atoms with van der Waals surface area (Å²) in [5.41, 5.74) is 1.89. The zero-order valence-corrected chi connectivity index (χ0v) is 27.5. The molecule has 0 saturated carbocycles. The Balaban J connectivity index is 1.49. The lowest BCUT2D eigenvalue weighted by Gasteiger charge is -2.34. The topological polar surface area (TPSA) is 115 Å². The normalized spacial score (nSPS) is 17.5. The molecule has 2 heterocycles. The number of carbonyl (C=O) groups is 2. The van der Waals surface area contributed by atoms with Crippen molar-refractivity contribution in [1.29, 1.82) is 0 Å². The Morgan fingerprint density at radius 3 is 1.56 bits per heavy atom. The third-order valence-electron chi connectivity index (χ3n) is 8.17. The van der Waals surface area contributed by atoms with Crippen LogP contribution in [0.1, 0.15) is 17.5 Å². The first-order valence-corrected chi connectivity index (χ1v) is 17.7. The van der Waals surface area contributed by atoms with Gasteiger partial charge in [-0.15, -0.1) is 0 Å². The van der Waals surface area contributed by atoms with Crippen LogP contribution in [0.4, 0.5) is 29.7 Å². The Labute approximate surface area is 277 Å². The van der Waals surface area contributed by atoms with E-state index in [2.05, 4.69) is 0 Å². The first-order valence-electron chi connectivity index (χ1n) is 14.9. The number of nitrogens with zero attached hydrogens (tertiary/aromatic N) is 4. The van der Waals surface area contributed by atoms with Crippen LogP contribution >= 0.6 is 0 Å². The highest BCUT2D eigenvalue weighted by Crippen LogP contribution is 2.37. The summed E-state index contributed by atoms with van der Waals surface area (Å²) in [5, 5.41) is 0. The summed E-state index contributed by atoms with van der Waals surface area (Å²) >= 11 is 0. The number of carbonyl (C=O) groups excluding carboxylic acids is 2. The van der Waals surface area contributed by atoms with Crippen molar-refractivity contribution in [2.75, 3.05) is 22.9 Å². The molecule has 14 heteroatoms. The summed E-state index contributed by atoms with van der Waals surface area (Å²) < 4.78 is 85.0. The van der Waals surface area contributed by atoms with E-state index in [1.165, 1.54) is 48.5 Å². The highest BCUT2D eigenvalue weighted by atomic mass is 32.2. The average Bonchev–Trinajstić information content (AvgIpc) is 3.30. The van der Waals surface area contributed by atoms with Crippen LogP contribution in [0.2, 0.25) is 0 Å². The van der Waals surface area contributed by atoms with Crippen LogP contribution in [0, 0.1) is 25.5 Å². The lowest BCUT2D eigenvalue weighted by atomic mass is 10.1. The van der Waals surface area contributed by atoms with Crippen molar-refractivity contribution < 1.29 is 35.2 Å². The maximum absolute atomic E-state index is 14.4. The van der Waals surface area contributed by atoms with Gasteiger partial charge in [-0.05, 0) is 93.1 Å². The van der Waals surface area contributed by atoms with Gasteiger partial charge in [0.2, 0.25) is 0 Å². The molecule has 0 radical (unpaired) electrons. The van der Waals surface area contributed by atoms with Crippen molar-refractivity contribution >= 4 is 43.5 Å². The van der Waals surface area contributed by atoms with Gasteiger partial charge in [0.1, 0.15) is 11.6 Å². The minimum Gasteiger partial charge on any atom is -0.283 e. The second-order valence-electron chi connectivity index (χ2n) is 11.4. The van der Waals surface area contributed by atoms with E-state index in [0.29, 0.717) is 8.61 Å². The Bertz CT molecular complexity index is 2120. The molecule has 2 aliphatic rings. The van der Waals surface area contributed by atoms with E-state index in [0.717, 1.165) is 45.2 Å². The van der Waals surface area contributed by atoms with Gasteiger partial charge in [0.05, 0.1) is 28.1 Å². The van der Waals surface area contributed by atoms with E-state index in [-0.39, 0.29) is 39.8 Å². The van der Waals surface area contributed by atoms with Crippen LogP contribution in [0.25, 0.3) is 0 Å². The molecule has 4 aromatic rings. The fourth-order valence-electron chi connectivity index (χ4n) is 5.66. The number of urea groups is 2. The molecule has 1 atom stereocenters. The first-order chi connectivity index (χ1) is 22.8. The molecule has 248 valence electrons. The number of rotatable bonds is 7. The summed E-state index contributed by atoms with van der Waals surface area (Å²) in [6, 6.07) is 18.3. The van der Waals surface area contributed by atoms with Crippen LogP contribution in [0.5, 0.6) is 0 Å². The Kier molecular flexibility index (Phi) is 8.56. The van der Waals surface area contributed by atoms with Crippen LogP contribution in [0.3, 0.4) is 0 Å². The molecule has 0 aliphatic carbocycles. The van der Waals surface area contributed by atoms with Crippen molar-refractivity contribution in [2.45, 2.75) is 36.1 Å². The lowest BCUT2D eigenvalue weighted by molar-refractivity contribution is 0.231. The van der Waals surface area contributed by atoms with Gasteiger partial charge in [-0.3, -0.25) is 9.80 Å². The molecule has 0 bridgehead atoms. The van der Waals surface area contributed by atoms with Gasteiger partial charge in [0.15, 0.2) is 0 Å². The molecule has 4 amide bonds. The third kappa shape index (κ3) is 5.92. The summed E-state index contributed by atoms with van der Waals surface area (Å²) in [5.74, 6) is -1.21. The number of hydrogen-bond donors (Lipinski definition) is 0. The van der Waals surface area contributed by atoms with Gasteiger partial charge >= 0.3 is 12.1 Å². The van der Waals surface area contributed by atoms with Gasteiger partial charge in [0, 0.05) is 17.9 Å². The van der Waals surface area contributed by atoms with E-state index < -0.39 is 56.3 Å². The number of hydrogen-bond acceptors (Lipinski definition) is 6. The Morgan fingerprint density at radius 2 is 1.06 bits per heavy atom. The van der Waals surface area contributed by atoms with Gasteiger partial charge in [0.25, 0.3) is 20.0 Å². The highest BCUT2D eigenvalue weighted by molar-refractivity contribution is 7.90. The largest absolute Gasteiger partial charge is 0.342 e. The maximum atomic E-state index is 14.4. The molecular weight excluding hydrogens is 663 g/mol. The number of sulfonamides is 2. The summed E-state index contributed by atoms with van der Waals surface area (Å²) in [6.45, 7) is 2.82. The van der Waals surface area contributed by atoms with Crippen LogP contribution in [-0.2, 0) is 20.0 Å².